The Bertz CT molecular complexity index is 1020. The SMILES string of the molecule is O=[N+]([O-])c1ccc(-c2cn3nc(Cc4ccc(Cl)cc4)sc3n2)cc1. The van der Waals surface area contributed by atoms with Gasteiger partial charge in [0.2, 0.25) is 4.96 Å². The van der Waals surface area contributed by atoms with Crippen molar-refractivity contribution in [1.29, 1.82) is 0 Å². The van der Waals surface area contributed by atoms with Gasteiger partial charge in [0.1, 0.15) is 5.01 Å². The number of benzene rings is 2. The topological polar surface area (TPSA) is 73.3 Å². The molecule has 0 aliphatic carbocycles. The van der Waals surface area contributed by atoms with Crippen molar-refractivity contribution in [2.24, 2.45) is 0 Å². The minimum absolute atomic E-state index is 0.0631. The predicted octanol–water partition coefficient (Wildman–Crippen LogP) is 4.61. The molecular weight excluding hydrogens is 360 g/mol. The van der Waals surface area contributed by atoms with E-state index in [4.69, 9.17) is 11.6 Å². The smallest absolute Gasteiger partial charge is 0.258 e. The Balaban J connectivity index is 1.58. The highest BCUT2D eigenvalue weighted by Crippen LogP contribution is 2.25. The molecule has 2 aromatic heterocycles. The number of halogens is 1. The molecule has 124 valence electrons. The highest BCUT2D eigenvalue weighted by atomic mass is 35.5. The maximum absolute atomic E-state index is 10.7. The van der Waals surface area contributed by atoms with E-state index in [1.54, 1.807) is 16.6 Å². The van der Waals surface area contributed by atoms with Crippen molar-refractivity contribution < 1.29 is 4.92 Å². The molecule has 0 saturated heterocycles. The molecule has 0 bridgehead atoms. The molecule has 0 saturated carbocycles. The van der Waals surface area contributed by atoms with Crippen molar-refractivity contribution in [1.82, 2.24) is 14.6 Å². The lowest BCUT2D eigenvalue weighted by molar-refractivity contribution is -0.384. The van der Waals surface area contributed by atoms with E-state index in [1.165, 1.54) is 23.5 Å². The number of hydrogen-bond donors (Lipinski definition) is 0. The second-order valence-corrected chi connectivity index (χ2v) is 6.93. The fourth-order valence-corrected chi connectivity index (χ4v) is 3.52. The fraction of sp³-hybridized carbons (Fsp3) is 0.0588. The van der Waals surface area contributed by atoms with Gasteiger partial charge in [-0.25, -0.2) is 9.50 Å². The van der Waals surface area contributed by atoms with Crippen LogP contribution in [-0.2, 0) is 6.42 Å². The van der Waals surface area contributed by atoms with E-state index in [0.717, 1.165) is 33.2 Å². The Hall–Kier alpha value is -2.77. The zero-order chi connectivity index (χ0) is 17.4. The van der Waals surface area contributed by atoms with Crippen molar-refractivity contribution in [3.05, 3.63) is 80.4 Å². The van der Waals surface area contributed by atoms with E-state index >= 15 is 0 Å². The quantitative estimate of drug-likeness (QED) is 0.388. The lowest BCUT2D eigenvalue weighted by atomic mass is 10.1. The number of rotatable bonds is 4. The van der Waals surface area contributed by atoms with Gasteiger partial charge >= 0.3 is 0 Å². The van der Waals surface area contributed by atoms with Crippen LogP contribution in [0.3, 0.4) is 0 Å². The number of nitro groups is 1. The van der Waals surface area contributed by atoms with Crippen molar-refractivity contribution >= 4 is 33.6 Å². The summed E-state index contributed by atoms with van der Waals surface area (Å²) in [5, 5.41) is 17.0. The third kappa shape index (κ3) is 3.24. The maximum Gasteiger partial charge on any atom is 0.269 e. The number of hydrogen-bond acceptors (Lipinski definition) is 5. The Morgan fingerprint density at radius 3 is 2.48 bits per heavy atom. The van der Waals surface area contributed by atoms with E-state index in [9.17, 15) is 10.1 Å². The van der Waals surface area contributed by atoms with Gasteiger partial charge in [-0.2, -0.15) is 5.10 Å². The van der Waals surface area contributed by atoms with Crippen LogP contribution < -0.4 is 0 Å². The van der Waals surface area contributed by atoms with Crippen LogP contribution in [0.1, 0.15) is 10.6 Å². The van der Waals surface area contributed by atoms with Crippen LogP contribution in [0.15, 0.2) is 54.7 Å². The molecule has 6 nitrogen and oxygen atoms in total. The Morgan fingerprint density at radius 1 is 1.12 bits per heavy atom. The van der Waals surface area contributed by atoms with Crippen LogP contribution in [0.4, 0.5) is 5.69 Å². The van der Waals surface area contributed by atoms with E-state index in [1.807, 2.05) is 30.5 Å². The van der Waals surface area contributed by atoms with Crippen molar-refractivity contribution in [2.75, 3.05) is 0 Å². The van der Waals surface area contributed by atoms with Crippen LogP contribution in [0, 0.1) is 10.1 Å². The molecule has 4 aromatic rings. The molecule has 2 aromatic carbocycles. The normalized spacial score (nSPS) is 11.1. The van der Waals surface area contributed by atoms with Crippen LogP contribution in [0.5, 0.6) is 0 Å². The second-order valence-electron chi connectivity index (χ2n) is 5.46. The first kappa shape index (κ1) is 15.7. The Morgan fingerprint density at radius 2 is 1.84 bits per heavy atom. The highest BCUT2D eigenvalue weighted by Gasteiger charge is 2.12. The van der Waals surface area contributed by atoms with Crippen molar-refractivity contribution in [3.8, 4) is 11.3 Å². The minimum atomic E-state index is -0.417. The summed E-state index contributed by atoms with van der Waals surface area (Å²) >= 11 is 7.42. The van der Waals surface area contributed by atoms with Gasteiger partial charge in [-0.3, -0.25) is 10.1 Å². The van der Waals surface area contributed by atoms with E-state index in [0.29, 0.717) is 5.02 Å². The van der Waals surface area contributed by atoms with Gasteiger partial charge in [-0.05, 0) is 29.8 Å². The lowest BCUT2D eigenvalue weighted by Crippen LogP contribution is -1.89. The van der Waals surface area contributed by atoms with E-state index in [-0.39, 0.29) is 5.69 Å². The summed E-state index contributed by atoms with van der Waals surface area (Å²) in [7, 11) is 0. The van der Waals surface area contributed by atoms with Crippen LogP contribution in [0.25, 0.3) is 16.2 Å². The average molecular weight is 371 g/mol. The van der Waals surface area contributed by atoms with Crippen LogP contribution >= 0.6 is 22.9 Å². The number of non-ortho nitro benzene ring substituents is 1. The molecule has 0 N–H and O–H groups in total. The molecule has 0 radical (unpaired) electrons. The third-order valence-electron chi connectivity index (χ3n) is 3.73. The van der Waals surface area contributed by atoms with E-state index < -0.39 is 4.92 Å². The molecule has 2 heterocycles. The summed E-state index contributed by atoms with van der Waals surface area (Å²) in [4.78, 5) is 15.7. The summed E-state index contributed by atoms with van der Waals surface area (Å²) in [5.41, 5.74) is 2.76. The first-order valence-electron chi connectivity index (χ1n) is 7.43. The minimum Gasteiger partial charge on any atom is -0.258 e. The first-order valence-corrected chi connectivity index (χ1v) is 8.62. The number of aromatic nitrogens is 3. The second kappa shape index (κ2) is 6.27. The lowest BCUT2D eigenvalue weighted by Gasteiger charge is -1.97. The molecule has 0 aliphatic rings. The molecule has 8 heteroatoms. The molecule has 4 rings (SSSR count). The summed E-state index contributed by atoms with van der Waals surface area (Å²) < 4.78 is 1.74. The molecule has 0 fully saturated rings. The summed E-state index contributed by atoms with van der Waals surface area (Å²) in [5.74, 6) is 0. The van der Waals surface area contributed by atoms with Gasteiger partial charge in [0.05, 0.1) is 16.8 Å². The number of nitro benzene ring substituents is 1. The molecular formula is C17H11ClN4O2S. The summed E-state index contributed by atoms with van der Waals surface area (Å²) in [6.07, 6.45) is 2.55. The average Bonchev–Trinajstić information content (AvgIpc) is 3.15. The van der Waals surface area contributed by atoms with Crippen molar-refractivity contribution in [2.45, 2.75) is 6.42 Å². The number of nitrogens with zero attached hydrogens (tertiary/aromatic N) is 4. The zero-order valence-electron chi connectivity index (χ0n) is 12.8. The largest absolute Gasteiger partial charge is 0.269 e. The van der Waals surface area contributed by atoms with Gasteiger partial charge in [0.15, 0.2) is 0 Å². The van der Waals surface area contributed by atoms with Gasteiger partial charge in [-0.1, -0.05) is 35.1 Å². The number of fused-ring (bicyclic) bond motifs is 1. The number of imidazole rings is 1. The Kier molecular flexibility index (Phi) is 3.95. The molecule has 0 spiro atoms. The molecule has 0 amide bonds. The van der Waals surface area contributed by atoms with Crippen LogP contribution in [-0.4, -0.2) is 19.5 Å². The maximum atomic E-state index is 10.7. The third-order valence-corrected chi connectivity index (χ3v) is 4.90. The van der Waals surface area contributed by atoms with Gasteiger partial charge in [0, 0.05) is 29.1 Å². The van der Waals surface area contributed by atoms with Gasteiger partial charge < -0.3 is 0 Å². The first-order chi connectivity index (χ1) is 12.1. The standard InChI is InChI=1S/C17H11ClN4O2S/c18-13-5-1-11(2-6-13)9-16-20-21-10-15(19-17(21)25-16)12-3-7-14(8-4-12)22(23)24/h1-8,10H,9H2. The predicted molar refractivity (Wildman–Crippen MR) is 97.2 cm³/mol. The fourth-order valence-electron chi connectivity index (χ4n) is 2.48. The molecule has 0 aliphatic heterocycles. The van der Waals surface area contributed by atoms with Gasteiger partial charge in [-0.15, -0.1) is 0 Å². The monoisotopic (exact) mass is 370 g/mol. The van der Waals surface area contributed by atoms with Crippen LogP contribution in [0.2, 0.25) is 5.02 Å². The molecule has 0 atom stereocenters. The summed E-state index contributed by atoms with van der Waals surface area (Å²) in [6.45, 7) is 0. The van der Waals surface area contributed by atoms with Crippen molar-refractivity contribution in [3.63, 3.8) is 0 Å². The zero-order valence-corrected chi connectivity index (χ0v) is 14.4. The molecule has 25 heavy (non-hydrogen) atoms. The molecule has 0 unspecified atom stereocenters. The van der Waals surface area contributed by atoms with Gasteiger partial charge in [0.25, 0.3) is 5.69 Å². The van der Waals surface area contributed by atoms with E-state index in [2.05, 4.69) is 10.1 Å². The summed E-state index contributed by atoms with van der Waals surface area (Å²) in [6, 6.07) is 14.0. The highest BCUT2D eigenvalue weighted by molar-refractivity contribution is 7.16. The Labute approximate surface area is 151 Å².